The molecule has 0 unspecified atom stereocenters. The van der Waals surface area contributed by atoms with Gasteiger partial charge in [-0.05, 0) is 24.6 Å². The number of nitrogens with one attached hydrogen (secondary N) is 1. The van der Waals surface area contributed by atoms with Gasteiger partial charge in [0.2, 0.25) is 0 Å². The second-order valence-electron chi connectivity index (χ2n) is 4.54. The van der Waals surface area contributed by atoms with Gasteiger partial charge < -0.3 is 20.5 Å². The third-order valence-electron chi connectivity index (χ3n) is 3.17. The van der Waals surface area contributed by atoms with Gasteiger partial charge in [-0.15, -0.1) is 0 Å². The number of nitrogen functional groups attached to an aromatic ring is 1. The third kappa shape index (κ3) is 3.22. The molecule has 2 rings (SSSR count). The topological polar surface area (TPSA) is 86.5 Å². The molecule has 21 heavy (non-hydrogen) atoms. The van der Waals surface area contributed by atoms with Crippen LogP contribution in [0.15, 0.2) is 24.4 Å². The van der Waals surface area contributed by atoms with Crippen molar-refractivity contribution in [2.24, 2.45) is 0 Å². The molecule has 0 bridgehead atoms. The fraction of sp³-hybridized carbons (Fsp3) is 0.333. The van der Waals surface area contributed by atoms with Crippen molar-refractivity contribution in [3.63, 3.8) is 0 Å². The van der Waals surface area contributed by atoms with Crippen LogP contribution in [0, 0.1) is 0 Å². The lowest BCUT2D eigenvalue weighted by Gasteiger charge is -2.11. The van der Waals surface area contributed by atoms with E-state index in [-0.39, 0.29) is 5.91 Å². The van der Waals surface area contributed by atoms with Crippen LogP contribution in [0.5, 0.6) is 5.75 Å². The molecule has 0 fully saturated rings. The number of nitrogens with zero attached hydrogens (tertiary/aromatic N) is 1. The molecule has 0 saturated carbocycles. The molecule has 6 heteroatoms. The Hall–Kier alpha value is -2.34. The summed E-state index contributed by atoms with van der Waals surface area (Å²) in [6.45, 7) is 1.12. The smallest absolute Gasteiger partial charge is 0.270 e. The summed E-state index contributed by atoms with van der Waals surface area (Å²) in [6, 6.07) is 5.27. The van der Waals surface area contributed by atoms with Crippen molar-refractivity contribution in [3.05, 3.63) is 30.1 Å². The van der Waals surface area contributed by atoms with Crippen LogP contribution in [-0.2, 0) is 4.74 Å². The number of rotatable bonds is 6. The Bertz CT molecular complexity index is 643. The van der Waals surface area contributed by atoms with Crippen molar-refractivity contribution in [3.8, 4) is 5.75 Å². The summed E-state index contributed by atoms with van der Waals surface area (Å²) >= 11 is 0. The summed E-state index contributed by atoms with van der Waals surface area (Å²) in [5.41, 5.74) is 6.81. The first-order valence-corrected chi connectivity index (χ1v) is 6.67. The first kappa shape index (κ1) is 15.1. The number of fused-ring (bicyclic) bond motifs is 1. The number of pyridine rings is 1. The second kappa shape index (κ2) is 6.90. The standard InChI is InChI=1S/C15H19N3O3/c1-20-9-3-7-18-15(19)14-13-10(6-8-17-14)12(21-2)5-4-11(13)16/h4-6,8H,3,7,9,16H2,1-2H3,(H,18,19). The van der Waals surface area contributed by atoms with Crippen LogP contribution in [-0.4, -0.2) is 38.3 Å². The van der Waals surface area contributed by atoms with Crippen molar-refractivity contribution in [2.75, 3.05) is 33.1 Å². The number of anilines is 1. The van der Waals surface area contributed by atoms with Gasteiger partial charge in [-0.3, -0.25) is 9.78 Å². The van der Waals surface area contributed by atoms with E-state index in [0.717, 1.165) is 11.8 Å². The van der Waals surface area contributed by atoms with Crippen LogP contribution in [0.3, 0.4) is 0 Å². The van der Waals surface area contributed by atoms with Gasteiger partial charge in [0, 0.05) is 42.9 Å². The summed E-state index contributed by atoms with van der Waals surface area (Å²) in [6.07, 6.45) is 2.32. The second-order valence-corrected chi connectivity index (χ2v) is 4.54. The molecule has 112 valence electrons. The lowest BCUT2D eigenvalue weighted by Crippen LogP contribution is -2.26. The molecule has 0 radical (unpaired) electrons. The van der Waals surface area contributed by atoms with E-state index in [1.165, 1.54) is 0 Å². The average molecular weight is 289 g/mol. The molecule has 3 N–H and O–H groups in total. The number of benzene rings is 1. The molecule has 0 aliphatic heterocycles. The zero-order chi connectivity index (χ0) is 15.2. The highest BCUT2D eigenvalue weighted by atomic mass is 16.5. The normalized spacial score (nSPS) is 10.6. The van der Waals surface area contributed by atoms with Gasteiger partial charge in [-0.1, -0.05) is 0 Å². The highest BCUT2D eigenvalue weighted by molar-refractivity contribution is 6.11. The lowest BCUT2D eigenvalue weighted by atomic mass is 10.1. The minimum absolute atomic E-state index is 0.253. The fourth-order valence-electron chi connectivity index (χ4n) is 2.15. The van der Waals surface area contributed by atoms with E-state index in [9.17, 15) is 4.79 Å². The van der Waals surface area contributed by atoms with Gasteiger partial charge in [0.05, 0.1) is 7.11 Å². The minimum atomic E-state index is -0.253. The largest absolute Gasteiger partial charge is 0.496 e. The zero-order valence-electron chi connectivity index (χ0n) is 12.2. The number of carbonyl (C=O) groups excluding carboxylic acids is 1. The molecule has 1 heterocycles. The van der Waals surface area contributed by atoms with Gasteiger partial charge in [-0.2, -0.15) is 0 Å². The maximum atomic E-state index is 12.3. The summed E-state index contributed by atoms with van der Waals surface area (Å²) in [5, 5.41) is 4.20. The molecule has 0 atom stereocenters. The van der Waals surface area contributed by atoms with E-state index in [2.05, 4.69) is 10.3 Å². The van der Waals surface area contributed by atoms with Crippen molar-refractivity contribution in [1.29, 1.82) is 0 Å². The summed E-state index contributed by atoms with van der Waals surface area (Å²) in [5.74, 6) is 0.409. The third-order valence-corrected chi connectivity index (χ3v) is 3.17. The number of methoxy groups -OCH3 is 2. The van der Waals surface area contributed by atoms with Crippen LogP contribution < -0.4 is 15.8 Å². The maximum absolute atomic E-state index is 12.3. The van der Waals surface area contributed by atoms with Crippen LogP contribution in [0.1, 0.15) is 16.9 Å². The highest BCUT2D eigenvalue weighted by Gasteiger charge is 2.15. The van der Waals surface area contributed by atoms with E-state index in [1.807, 2.05) is 0 Å². The summed E-state index contributed by atoms with van der Waals surface area (Å²) in [7, 11) is 3.21. The predicted molar refractivity (Wildman–Crippen MR) is 81.5 cm³/mol. The van der Waals surface area contributed by atoms with E-state index in [1.54, 1.807) is 38.6 Å². The number of ether oxygens (including phenoxy) is 2. The van der Waals surface area contributed by atoms with Crippen molar-refractivity contribution < 1.29 is 14.3 Å². The number of hydrogen-bond acceptors (Lipinski definition) is 5. The quantitative estimate of drug-likeness (QED) is 0.623. The Morgan fingerprint density at radius 2 is 2.14 bits per heavy atom. The van der Waals surface area contributed by atoms with Crippen LogP contribution in [0.2, 0.25) is 0 Å². The molecule has 0 spiro atoms. The average Bonchev–Trinajstić information content (AvgIpc) is 2.51. The number of amides is 1. The van der Waals surface area contributed by atoms with E-state index >= 15 is 0 Å². The van der Waals surface area contributed by atoms with E-state index < -0.39 is 0 Å². The van der Waals surface area contributed by atoms with Crippen molar-refractivity contribution in [1.82, 2.24) is 10.3 Å². The van der Waals surface area contributed by atoms with E-state index in [0.29, 0.717) is 35.7 Å². The maximum Gasteiger partial charge on any atom is 0.270 e. The fourth-order valence-corrected chi connectivity index (χ4v) is 2.15. The number of hydrogen-bond donors (Lipinski definition) is 2. The first-order chi connectivity index (χ1) is 10.2. The molecule has 0 aliphatic rings. The van der Waals surface area contributed by atoms with Gasteiger partial charge in [0.1, 0.15) is 11.4 Å². The highest BCUT2D eigenvalue weighted by Crippen LogP contribution is 2.31. The van der Waals surface area contributed by atoms with Gasteiger partial charge in [0.15, 0.2) is 0 Å². The zero-order valence-corrected chi connectivity index (χ0v) is 12.2. The Balaban J connectivity index is 2.33. The number of carbonyl (C=O) groups is 1. The van der Waals surface area contributed by atoms with Crippen molar-refractivity contribution in [2.45, 2.75) is 6.42 Å². The summed E-state index contributed by atoms with van der Waals surface area (Å²) < 4.78 is 10.2. The summed E-state index contributed by atoms with van der Waals surface area (Å²) in [4.78, 5) is 16.4. The molecule has 2 aromatic rings. The Kier molecular flexibility index (Phi) is 4.94. The van der Waals surface area contributed by atoms with Crippen molar-refractivity contribution >= 4 is 22.4 Å². The van der Waals surface area contributed by atoms with Gasteiger partial charge >= 0.3 is 0 Å². The van der Waals surface area contributed by atoms with Crippen LogP contribution in [0.25, 0.3) is 10.8 Å². The molecule has 1 amide bonds. The Labute approximate surface area is 123 Å². The van der Waals surface area contributed by atoms with E-state index in [4.69, 9.17) is 15.2 Å². The van der Waals surface area contributed by atoms with Gasteiger partial charge in [0.25, 0.3) is 5.91 Å². The number of nitrogens with two attached hydrogens (primary N) is 1. The molecule has 0 saturated heterocycles. The SMILES string of the molecule is COCCCNC(=O)c1nccc2c(OC)ccc(N)c12. The lowest BCUT2D eigenvalue weighted by molar-refractivity contribution is 0.0945. The van der Waals surface area contributed by atoms with Gasteiger partial charge in [-0.25, -0.2) is 0 Å². The molecule has 0 aliphatic carbocycles. The van der Waals surface area contributed by atoms with Crippen LogP contribution >= 0.6 is 0 Å². The molecule has 6 nitrogen and oxygen atoms in total. The molecule has 1 aromatic carbocycles. The minimum Gasteiger partial charge on any atom is -0.496 e. The van der Waals surface area contributed by atoms with Crippen LogP contribution in [0.4, 0.5) is 5.69 Å². The molecular formula is C15H19N3O3. The predicted octanol–water partition coefficient (Wildman–Crippen LogP) is 1.59. The molecular weight excluding hydrogens is 270 g/mol. The molecule has 1 aromatic heterocycles. The Morgan fingerprint density at radius 1 is 1.33 bits per heavy atom. The number of aromatic nitrogens is 1. The Morgan fingerprint density at radius 3 is 2.86 bits per heavy atom. The first-order valence-electron chi connectivity index (χ1n) is 6.67. The monoisotopic (exact) mass is 289 g/mol.